The summed E-state index contributed by atoms with van der Waals surface area (Å²) >= 11 is 0. The summed E-state index contributed by atoms with van der Waals surface area (Å²) in [5.74, 6) is 0.797. The number of benzene rings is 3. The second kappa shape index (κ2) is 23.0. The number of anilines is 1. The lowest BCUT2D eigenvalue weighted by molar-refractivity contribution is -0.213. The molecule has 1 fully saturated rings. The van der Waals surface area contributed by atoms with E-state index >= 15 is 0 Å². The molecule has 1 unspecified atom stereocenters. The Morgan fingerprint density at radius 2 is 1.48 bits per heavy atom. The average molecular weight is 869 g/mol. The number of piperidine rings is 1. The molecule has 0 N–H and O–H groups in total. The molecule has 0 amide bonds. The number of nitrogens with zero attached hydrogens (tertiary/aromatic N) is 2. The van der Waals surface area contributed by atoms with Crippen molar-refractivity contribution < 1.29 is 41.4 Å². The van der Waals surface area contributed by atoms with Crippen LogP contribution in [-0.2, 0) is 44.7 Å². The number of rotatable bonds is 24. The van der Waals surface area contributed by atoms with Gasteiger partial charge >= 0.3 is 0 Å². The van der Waals surface area contributed by atoms with Crippen LogP contribution >= 0.6 is 0 Å². The first-order valence-electron chi connectivity index (χ1n) is 21.9. The average Bonchev–Trinajstić information content (AvgIpc) is 3.23. The molecule has 0 bridgehead atoms. The third-order valence-corrected chi connectivity index (χ3v) is 20.3. The Labute approximate surface area is 362 Å². The van der Waals surface area contributed by atoms with Gasteiger partial charge in [0.15, 0.2) is 8.32 Å². The molecule has 1 saturated heterocycles. The Hall–Kier alpha value is -2.85. The number of methoxy groups -OCH3 is 2. The number of aryl methyl sites for hydroxylation is 1. The van der Waals surface area contributed by atoms with Gasteiger partial charge < -0.3 is 33.0 Å². The SMILES string of the molecule is COCCCN1c2ccccc2OC[C@@H]1C(ON1CC[C@@H](c2ccc(COCCOC)cc2)[C@H](OCCCO[Si](C(C)C)(C(C)C)C(C)C)C1)S(=O)(=O)c1ccc(C)cc1. The van der Waals surface area contributed by atoms with E-state index in [1.165, 1.54) is 5.56 Å². The predicted octanol–water partition coefficient (Wildman–Crippen LogP) is 8.95. The molecule has 11 nitrogen and oxygen atoms in total. The lowest BCUT2D eigenvalue weighted by Gasteiger charge is -2.44. The topological polar surface area (TPSA) is 105 Å². The van der Waals surface area contributed by atoms with E-state index in [1.54, 1.807) is 26.4 Å². The van der Waals surface area contributed by atoms with E-state index in [1.807, 2.05) is 48.4 Å². The van der Waals surface area contributed by atoms with E-state index in [0.717, 1.165) is 29.0 Å². The number of ether oxygens (including phenoxy) is 5. The van der Waals surface area contributed by atoms with E-state index < -0.39 is 29.6 Å². The minimum absolute atomic E-state index is 0.0762. The smallest absolute Gasteiger partial charge is 0.209 e. The molecule has 13 heteroatoms. The first-order chi connectivity index (χ1) is 28.8. The lowest BCUT2D eigenvalue weighted by atomic mass is 9.87. The van der Waals surface area contributed by atoms with Crippen molar-refractivity contribution in [1.82, 2.24) is 5.06 Å². The highest BCUT2D eigenvalue weighted by atomic mass is 32.2. The molecule has 5 rings (SSSR count). The summed E-state index contributed by atoms with van der Waals surface area (Å²) in [6, 6.07) is 22.7. The van der Waals surface area contributed by atoms with Crippen molar-refractivity contribution in [2.45, 2.75) is 119 Å². The zero-order chi connectivity index (χ0) is 43.3. The molecule has 3 aromatic carbocycles. The number of hydroxylamine groups is 2. The van der Waals surface area contributed by atoms with Gasteiger partial charge in [-0.05, 0) is 78.2 Å². The minimum atomic E-state index is -4.03. The maximum absolute atomic E-state index is 14.9. The van der Waals surface area contributed by atoms with Crippen LogP contribution in [0.5, 0.6) is 5.75 Å². The molecule has 2 aliphatic heterocycles. The van der Waals surface area contributed by atoms with Gasteiger partial charge in [-0.3, -0.25) is 4.84 Å². The van der Waals surface area contributed by atoms with Gasteiger partial charge in [0.25, 0.3) is 0 Å². The molecular formula is C47H72N2O9SSi. The Balaban J connectivity index is 1.41. The van der Waals surface area contributed by atoms with Crippen molar-refractivity contribution >= 4 is 23.8 Å². The molecule has 0 aromatic heterocycles. The van der Waals surface area contributed by atoms with Crippen molar-refractivity contribution in [3.05, 3.63) is 89.5 Å². The third-order valence-electron chi connectivity index (χ3n) is 12.3. The van der Waals surface area contributed by atoms with Crippen LogP contribution in [-0.4, -0.2) is 113 Å². The summed E-state index contributed by atoms with van der Waals surface area (Å²) in [5, 5.41) is 1.83. The predicted molar refractivity (Wildman–Crippen MR) is 241 cm³/mol. The summed E-state index contributed by atoms with van der Waals surface area (Å²) < 4.78 is 66.1. The van der Waals surface area contributed by atoms with Crippen LogP contribution in [0.1, 0.15) is 83.4 Å². The molecule has 334 valence electrons. The molecular weight excluding hydrogens is 797 g/mol. The lowest BCUT2D eigenvalue weighted by Crippen LogP contribution is -2.57. The van der Waals surface area contributed by atoms with Gasteiger partial charge in [-0.25, -0.2) is 8.42 Å². The van der Waals surface area contributed by atoms with E-state index in [9.17, 15) is 8.42 Å². The number of hydrogen-bond acceptors (Lipinski definition) is 11. The fourth-order valence-electron chi connectivity index (χ4n) is 9.26. The zero-order valence-corrected chi connectivity index (χ0v) is 39.5. The van der Waals surface area contributed by atoms with E-state index in [2.05, 4.69) is 70.7 Å². The number of sulfone groups is 1. The Kier molecular flexibility index (Phi) is 18.5. The molecule has 2 aliphatic rings. The van der Waals surface area contributed by atoms with E-state index in [4.69, 9.17) is 32.9 Å². The molecule has 60 heavy (non-hydrogen) atoms. The number of hydrogen-bond donors (Lipinski definition) is 0. The maximum atomic E-state index is 14.9. The van der Waals surface area contributed by atoms with Crippen molar-refractivity contribution in [3.63, 3.8) is 0 Å². The quantitative estimate of drug-likeness (QED) is 0.0637. The fraction of sp³-hybridized carbons (Fsp3) is 0.617. The van der Waals surface area contributed by atoms with Crippen molar-refractivity contribution in [1.29, 1.82) is 0 Å². The summed E-state index contributed by atoms with van der Waals surface area (Å²) in [6.45, 7) is 20.7. The van der Waals surface area contributed by atoms with E-state index in [-0.39, 0.29) is 23.5 Å². The molecule has 0 spiro atoms. The summed E-state index contributed by atoms with van der Waals surface area (Å²) in [4.78, 5) is 9.19. The van der Waals surface area contributed by atoms with Gasteiger partial charge in [0.05, 0.1) is 43.1 Å². The number of fused-ring (bicyclic) bond motifs is 1. The molecule has 0 radical (unpaired) electrons. The Bertz CT molecular complexity index is 1810. The second-order valence-corrected chi connectivity index (χ2v) is 24.7. The van der Waals surface area contributed by atoms with Crippen LogP contribution in [0, 0.1) is 6.92 Å². The Morgan fingerprint density at radius 1 is 0.800 bits per heavy atom. The second-order valence-electron chi connectivity index (χ2n) is 17.2. The monoisotopic (exact) mass is 868 g/mol. The molecule has 0 aliphatic carbocycles. The van der Waals surface area contributed by atoms with Crippen molar-refractivity contribution in [2.24, 2.45) is 0 Å². The van der Waals surface area contributed by atoms with Gasteiger partial charge in [0, 0.05) is 53.0 Å². The fourth-order valence-corrected chi connectivity index (χ4v) is 16.4. The van der Waals surface area contributed by atoms with Gasteiger partial charge in [-0.15, -0.1) is 0 Å². The van der Waals surface area contributed by atoms with Crippen LogP contribution in [0.15, 0.2) is 77.7 Å². The van der Waals surface area contributed by atoms with Crippen LogP contribution < -0.4 is 9.64 Å². The van der Waals surface area contributed by atoms with Crippen molar-refractivity contribution in [2.75, 3.05) is 78.4 Å². The standard InChI is InChI=1S/C47H72N2O9SSi/c1-35(2)60(36(3)4,37(5)6)57-29-13-28-55-46-32-48(26-24-42(46)40-20-18-39(19-21-40)33-54-31-30-53-9)58-47(59(50,51)41-22-16-38(7)17-23-41)44-34-56-45-15-11-10-14-43(45)49(44)25-12-27-52-8/h10-11,14-23,35-37,42,44,46-47H,12-13,24-34H2,1-9H3/t42-,44+,46+,47?/m0/s1. The molecule has 3 aromatic rings. The van der Waals surface area contributed by atoms with Crippen LogP contribution in [0.25, 0.3) is 0 Å². The largest absolute Gasteiger partial charge is 0.489 e. The van der Waals surface area contributed by atoms with Gasteiger partial charge in [0.2, 0.25) is 15.3 Å². The van der Waals surface area contributed by atoms with Crippen molar-refractivity contribution in [3.8, 4) is 5.75 Å². The zero-order valence-electron chi connectivity index (χ0n) is 37.6. The highest BCUT2D eigenvalue weighted by Crippen LogP contribution is 2.43. The highest BCUT2D eigenvalue weighted by Gasteiger charge is 2.46. The van der Waals surface area contributed by atoms with Crippen LogP contribution in [0.4, 0.5) is 5.69 Å². The number of para-hydroxylation sites is 2. The Morgan fingerprint density at radius 3 is 2.15 bits per heavy atom. The minimum Gasteiger partial charge on any atom is -0.489 e. The molecule has 2 heterocycles. The summed E-state index contributed by atoms with van der Waals surface area (Å²) in [5.41, 5.74) is 4.33. The third kappa shape index (κ3) is 12.0. The van der Waals surface area contributed by atoms with Crippen LogP contribution in [0.3, 0.4) is 0 Å². The van der Waals surface area contributed by atoms with Gasteiger partial charge in [0.1, 0.15) is 18.4 Å². The van der Waals surface area contributed by atoms with Crippen LogP contribution in [0.2, 0.25) is 16.6 Å². The van der Waals surface area contributed by atoms with Gasteiger partial charge in [-0.1, -0.05) is 95.6 Å². The highest BCUT2D eigenvalue weighted by molar-refractivity contribution is 7.92. The first-order valence-corrected chi connectivity index (χ1v) is 25.6. The summed E-state index contributed by atoms with van der Waals surface area (Å²) in [6.07, 6.45) is 1.93. The normalized spacial score (nSPS) is 19.5. The maximum Gasteiger partial charge on any atom is 0.209 e. The first kappa shape index (κ1) is 48.2. The molecule has 4 atom stereocenters. The van der Waals surface area contributed by atoms with E-state index in [0.29, 0.717) is 88.7 Å². The molecule has 0 saturated carbocycles. The van der Waals surface area contributed by atoms with Gasteiger partial charge in [-0.2, -0.15) is 5.06 Å². The summed E-state index contributed by atoms with van der Waals surface area (Å²) in [7, 11) is -2.70.